The third kappa shape index (κ3) is 2.35. The SMILES string of the molecule is Cc1cc(=Nc2ccc3c(c2)CCCC3)n2c(n1)NCC2. The molecule has 2 heterocycles. The predicted molar refractivity (Wildman–Crippen MR) is 83.8 cm³/mol. The van der Waals surface area contributed by atoms with Gasteiger partial charge >= 0.3 is 0 Å². The van der Waals surface area contributed by atoms with Crippen molar-refractivity contribution in [3.05, 3.63) is 46.6 Å². The quantitative estimate of drug-likeness (QED) is 0.872. The number of aryl methyl sites for hydroxylation is 3. The molecule has 0 fully saturated rings. The maximum atomic E-state index is 4.86. The Kier molecular flexibility index (Phi) is 3.02. The van der Waals surface area contributed by atoms with E-state index in [9.17, 15) is 0 Å². The number of aromatic nitrogens is 2. The zero-order valence-corrected chi connectivity index (χ0v) is 12.4. The molecule has 1 aromatic heterocycles. The van der Waals surface area contributed by atoms with E-state index in [0.29, 0.717) is 0 Å². The topological polar surface area (TPSA) is 42.2 Å². The molecule has 0 spiro atoms. The number of rotatable bonds is 1. The molecule has 4 rings (SSSR count). The van der Waals surface area contributed by atoms with Crippen molar-refractivity contribution in [1.82, 2.24) is 9.55 Å². The van der Waals surface area contributed by atoms with Gasteiger partial charge in [-0.1, -0.05) is 6.07 Å². The maximum absolute atomic E-state index is 4.86. The highest BCUT2D eigenvalue weighted by molar-refractivity contribution is 5.45. The van der Waals surface area contributed by atoms with Crippen molar-refractivity contribution in [1.29, 1.82) is 0 Å². The van der Waals surface area contributed by atoms with Crippen LogP contribution in [0.3, 0.4) is 0 Å². The van der Waals surface area contributed by atoms with Crippen LogP contribution in [-0.2, 0) is 19.4 Å². The first kappa shape index (κ1) is 12.6. The van der Waals surface area contributed by atoms with Gasteiger partial charge in [-0.3, -0.25) is 4.57 Å². The van der Waals surface area contributed by atoms with Crippen molar-refractivity contribution < 1.29 is 0 Å². The molecule has 0 bridgehead atoms. The van der Waals surface area contributed by atoms with Gasteiger partial charge in [0.25, 0.3) is 0 Å². The fourth-order valence-electron chi connectivity index (χ4n) is 3.28. The maximum Gasteiger partial charge on any atom is 0.204 e. The summed E-state index contributed by atoms with van der Waals surface area (Å²) in [4.78, 5) is 9.38. The van der Waals surface area contributed by atoms with E-state index in [2.05, 4.69) is 39.1 Å². The summed E-state index contributed by atoms with van der Waals surface area (Å²) in [7, 11) is 0. The lowest BCUT2D eigenvalue weighted by Gasteiger charge is -2.15. The molecule has 0 amide bonds. The van der Waals surface area contributed by atoms with Gasteiger partial charge in [-0.15, -0.1) is 0 Å². The first-order chi connectivity index (χ1) is 10.3. The second-order valence-corrected chi connectivity index (χ2v) is 5.93. The summed E-state index contributed by atoms with van der Waals surface area (Å²) in [6.45, 7) is 3.89. The van der Waals surface area contributed by atoms with Gasteiger partial charge in [0.1, 0.15) is 5.49 Å². The number of hydrogen-bond donors (Lipinski definition) is 1. The van der Waals surface area contributed by atoms with Crippen LogP contribution in [0.1, 0.15) is 29.7 Å². The second-order valence-electron chi connectivity index (χ2n) is 5.93. The summed E-state index contributed by atoms with van der Waals surface area (Å²) in [5.41, 5.74) is 6.05. The van der Waals surface area contributed by atoms with E-state index < -0.39 is 0 Å². The van der Waals surface area contributed by atoms with Crippen molar-refractivity contribution in [3.8, 4) is 0 Å². The fraction of sp³-hybridized carbons (Fsp3) is 0.412. The normalized spacial score (nSPS) is 17.3. The van der Waals surface area contributed by atoms with Crippen LogP contribution in [-0.4, -0.2) is 16.1 Å². The van der Waals surface area contributed by atoms with E-state index >= 15 is 0 Å². The van der Waals surface area contributed by atoms with Gasteiger partial charge in [-0.2, -0.15) is 0 Å². The Labute approximate surface area is 124 Å². The van der Waals surface area contributed by atoms with Crippen molar-refractivity contribution >= 4 is 11.6 Å². The number of benzene rings is 1. The van der Waals surface area contributed by atoms with Crippen LogP contribution >= 0.6 is 0 Å². The minimum atomic E-state index is 0.934. The summed E-state index contributed by atoms with van der Waals surface area (Å²) < 4.78 is 2.16. The first-order valence-electron chi connectivity index (χ1n) is 7.78. The summed E-state index contributed by atoms with van der Waals surface area (Å²) >= 11 is 0. The molecule has 2 aliphatic rings. The number of fused-ring (bicyclic) bond motifs is 2. The van der Waals surface area contributed by atoms with Crippen molar-refractivity contribution in [2.45, 2.75) is 39.2 Å². The zero-order chi connectivity index (χ0) is 14.2. The van der Waals surface area contributed by atoms with Crippen molar-refractivity contribution in [2.75, 3.05) is 11.9 Å². The van der Waals surface area contributed by atoms with Gasteiger partial charge in [-0.05, 0) is 55.9 Å². The van der Waals surface area contributed by atoms with Crippen LogP contribution in [0.25, 0.3) is 0 Å². The highest BCUT2D eigenvalue weighted by Gasteiger charge is 2.12. The number of nitrogens with one attached hydrogen (secondary N) is 1. The Balaban J connectivity index is 1.82. The van der Waals surface area contributed by atoms with E-state index in [0.717, 1.165) is 35.9 Å². The summed E-state index contributed by atoms with van der Waals surface area (Å²) in [5.74, 6) is 0.937. The molecule has 1 N–H and O–H groups in total. The minimum absolute atomic E-state index is 0.934. The summed E-state index contributed by atoms with van der Waals surface area (Å²) in [5, 5.41) is 3.31. The Hall–Kier alpha value is -2.10. The average Bonchev–Trinajstić information content (AvgIpc) is 2.95. The second kappa shape index (κ2) is 5.02. The smallest absolute Gasteiger partial charge is 0.204 e. The van der Waals surface area contributed by atoms with Crippen molar-refractivity contribution in [3.63, 3.8) is 0 Å². The monoisotopic (exact) mass is 280 g/mol. The molecule has 0 atom stereocenters. The molecule has 0 saturated heterocycles. The molecule has 4 heteroatoms. The molecule has 108 valence electrons. The van der Waals surface area contributed by atoms with E-state index in [1.807, 2.05) is 6.92 Å². The minimum Gasteiger partial charge on any atom is -0.354 e. The fourth-order valence-corrected chi connectivity index (χ4v) is 3.28. The highest BCUT2D eigenvalue weighted by atomic mass is 15.3. The van der Waals surface area contributed by atoms with Crippen LogP contribution in [0.4, 0.5) is 11.6 Å². The Morgan fingerprint density at radius 2 is 2.00 bits per heavy atom. The van der Waals surface area contributed by atoms with Gasteiger partial charge in [0.05, 0.1) is 5.69 Å². The van der Waals surface area contributed by atoms with Crippen LogP contribution in [0.15, 0.2) is 29.3 Å². The van der Waals surface area contributed by atoms with Gasteiger partial charge < -0.3 is 5.32 Å². The Morgan fingerprint density at radius 1 is 1.14 bits per heavy atom. The zero-order valence-electron chi connectivity index (χ0n) is 12.4. The summed E-state index contributed by atoms with van der Waals surface area (Å²) in [6, 6.07) is 8.73. The molecule has 0 saturated carbocycles. The Bertz CT molecular complexity index is 758. The highest BCUT2D eigenvalue weighted by Crippen LogP contribution is 2.25. The molecular weight excluding hydrogens is 260 g/mol. The van der Waals surface area contributed by atoms with E-state index in [1.54, 1.807) is 0 Å². The van der Waals surface area contributed by atoms with Gasteiger partial charge in [-0.25, -0.2) is 9.98 Å². The lowest BCUT2D eigenvalue weighted by Crippen LogP contribution is -2.20. The number of anilines is 1. The third-order valence-electron chi connectivity index (χ3n) is 4.35. The van der Waals surface area contributed by atoms with E-state index in [-0.39, 0.29) is 0 Å². The molecule has 1 aromatic carbocycles. The summed E-state index contributed by atoms with van der Waals surface area (Å²) in [6.07, 6.45) is 5.04. The average molecular weight is 280 g/mol. The standard InChI is InChI=1S/C17H20N4/c1-12-10-16(21-9-8-18-17(21)19-12)20-15-7-6-13-4-2-3-5-14(13)11-15/h6-7,10-11H,2-5,8-9H2,1H3,(H,18,19). The van der Waals surface area contributed by atoms with Gasteiger partial charge in [0, 0.05) is 24.8 Å². The van der Waals surface area contributed by atoms with Gasteiger partial charge in [0.15, 0.2) is 0 Å². The molecule has 21 heavy (non-hydrogen) atoms. The van der Waals surface area contributed by atoms with Crippen molar-refractivity contribution in [2.24, 2.45) is 4.99 Å². The van der Waals surface area contributed by atoms with Crippen LogP contribution in [0.5, 0.6) is 0 Å². The van der Waals surface area contributed by atoms with E-state index in [1.165, 1.54) is 36.8 Å². The molecule has 4 nitrogen and oxygen atoms in total. The Morgan fingerprint density at radius 3 is 2.90 bits per heavy atom. The molecule has 1 aliphatic carbocycles. The van der Waals surface area contributed by atoms with Crippen LogP contribution in [0.2, 0.25) is 0 Å². The molecular formula is C17H20N4. The molecule has 1 aliphatic heterocycles. The largest absolute Gasteiger partial charge is 0.354 e. The third-order valence-corrected chi connectivity index (χ3v) is 4.35. The number of nitrogens with zero attached hydrogens (tertiary/aromatic N) is 3. The lowest BCUT2D eigenvalue weighted by atomic mass is 9.91. The molecule has 2 aromatic rings. The molecule has 0 radical (unpaired) electrons. The number of hydrogen-bond acceptors (Lipinski definition) is 3. The van der Waals surface area contributed by atoms with Crippen LogP contribution in [0, 0.1) is 6.92 Å². The van der Waals surface area contributed by atoms with Crippen LogP contribution < -0.4 is 10.8 Å². The lowest BCUT2D eigenvalue weighted by molar-refractivity contribution is 0.685. The predicted octanol–water partition coefficient (Wildman–Crippen LogP) is 2.73. The van der Waals surface area contributed by atoms with E-state index in [4.69, 9.17) is 4.99 Å². The first-order valence-corrected chi connectivity index (χ1v) is 7.78. The molecule has 0 unspecified atom stereocenters. The van der Waals surface area contributed by atoms with Gasteiger partial charge in [0.2, 0.25) is 5.95 Å².